The third-order valence-corrected chi connectivity index (χ3v) is 4.81. The molecule has 3 rings (SSSR count). The van der Waals surface area contributed by atoms with Crippen LogP contribution in [0.25, 0.3) is 0 Å². The van der Waals surface area contributed by atoms with Crippen molar-refractivity contribution in [1.29, 1.82) is 0 Å². The summed E-state index contributed by atoms with van der Waals surface area (Å²) in [6.07, 6.45) is 0.136. The van der Waals surface area contributed by atoms with E-state index >= 15 is 0 Å². The molecule has 1 fully saturated rings. The Morgan fingerprint density at radius 2 is 1.88 bits per heavy atom. The van der Waals surface area contributed by atoms with Gasteiger partial charge in [-0.2, -0.15) is 0 Å². The molecule has 0 bridgehead atoms. The lowest BCUT2D eigenvalue weighted by atomic mass is 10.1. The molecule has 2 aromatic rings. The number of carbonyl (C=O) groups excluding carboxylic acids is 3. The summed E-state index contributed by atoms with van der Waals surface area (Å²) in [5, 5.41) is 3.35. The molecule has 1 heterocycles. The number of nitrogens with one attached hydrogen (secondary N) is 1. The minimum Gasteiger partial charge on any atom is -0.366 e. The number of carbonyl (C=O) groups is 3. The van der Waals surface area contributed by atoms with Crippen molar-refractivity contribution in [2.75, 3.05) is 16.8 Å². The molecule has 0 aliphatic carbocycles. The Morgan fingerprint density at radius 1 is 1.19 bits per heavy atom. The van der Waals surface area contributed by atoms with Crippen LogP contribution in [0.2, 0.25) is 5.02 Å². The summed E-state index contributed by atoms with van der Waals surface area (Å²) in [4.78, 5) is 37.4. The second-order valence-corrected chi connectivity index (χ2v) is 6.68. The SMILES string of the molecule is Cc1ccc(N2C[C@@H](C(=O)Nc3ccc(C(N)=O)cc3)CC2=O)cc1Cl. The van der Waals surface area contributed by atoms with Gasteiger partial charge in [-0.25, -0.2) is 0 Å². The van der Waals surface area contributed by atoms with Crippen LogP contribution in [-0.2, 0) is 9.59 Å². The Hall–Kier alpha value is -2.86. The van der Waals surface area contributed by atoms with Crippen molar-refractivity contribution in [2.24, 2.45) is 11.7 Å². The Kier molecular flexibility index (Phi) is 4.95. The van der Waals surface area contributed by atoms with Crippen LogP contribution in [0.5, 0.6) is 0 Å². The number of halogens is 1. The predicted molar refractivity (Wildman–Crippen MR) is 100 cm³/mol. The maximum atomic E-state index is 12.5. The van der Waals surface area contributed by atoms with E-state index in [-0.39, 0.29) is 18.2 Å². The van der Waals surface area contributed by atoms with Crippen LogP contribution in [0.4, 0.5) is 11.4 Å². The highest BCUT2D eigenvalue weighted by Crippen LogP contribution is 2.29. The highest BCUT2D eigenvalue weighted by atomic mass is 35.5. The molecular weight excluding hydrogens is 354 g/mol. The summed E-state index contributed by atoms with van der Waals surface area (Å²) in [6.45, 7) is 2.18. The van der Waals surface area contributed by atoms with E-state index in [1.807, 2.05) is 19.1 Å². The molecule has 26 heavy (non-hydrogen) atoms. The van der Waals surface area contributed by atoms with Gasteiger partial charge < -0.3 is 16.0 Å². The Bertz CT molecular complexity index is 880. The Balaban J connectivity index is 1.68. The second-order valence-electron chi connectivity index (χ2n) is 6.27. The van der Waals surface area contributed by atoms with E-state index in [1.165, 1.54) is 0 Å². The zero-order valence-electron chi connectivity index (χ0n) is 14.2. The van der Waals surface area contributed by atoms with Gasteiger partial charge in [0.1, 0.15) is 0 Å². The molecule has 6 nitrogen and oxygen atoms in total. The van der Waals surface area contributed by atoms with Crippen molar-refractivity contribution in [3.63, 3.8) is 0 Å². The van der Waals surface area contributed by atoms with Crippen LogP contribution >= 0.6 is 11.6 Å². The lowest BCUT2D eigenvalue weighted by Gasteiger charge is -2.17. The van der Waals surface area contributed by atoms with Crippen LogP contribution in [0.15, 0.2) is 42.5 Å². The lowest BCUT2D eigenvalue weighted by Crippen LogP contribution is -2.28. The maximum Gasteiger partial charge on any atom is 0.248 e. The third-order valence-electron chi connectivity index (χ3n) is 4.40. The van der Waals surface area contributed by atoms with Crippen LogP contribution in [0.1, 0.15) is 22.3 Å². The number of rotatable bonds is 4. The first-order chi connectivity index (χ1) is 12.3. The number of hydrogen-bond acceptors (Lipinski definition) is 3. The molecule has 1 saturated heterocycles. The standard InChI is InChI=1S/C19H18ClN3O3/c1-11-2-7-15(9-16(11)20)23-10-13(8-17(23)24)19(26)22-14-5-3-12(4-6-14)18(21)25/h2-7,9,13H,8,10H2,1H3,(H2,21,25)(H,22,26)/t13-/m0/s1. The Labute approximate surface area is 155 Å². The van der Waals surface area contributed by atoms with Crippen molar-refractivity contribution in [3.05, 3.63) is 58.6 Å². The number of benzene rings is 2. The van der Waals surface area contributed by atoms with Crippen molar-refractivity contribution in [1.82, 2.24) is 0 Å². The van der Waals surface area contributed by atoms with Crippen LogP contribution < -0.4 is 16.0 Å². The molecule has 3 N–H and O–H groups in total. The number of nitrogens with two attached hydrogens (primary N) is 1. The largest absolute Gasteiger partial charge is 0.366 e. The molecule has 2 aromatic carbocycles. The molecule has 0 radical (unpaired) electrons. The topological polar surface area (TPSA) is 92.5 Å². The summed E-state index contributed by atoms with van der Waals surface area (Å²) >= 11 is 6.13. The monoisotopic (exact) mass is 371 g/mol. The van der Waals surface area contributed by atoms with Crippen LogP contribution in [-0.4, -0.2) is 24.3 Å². The highest BCUT2D eigenvalue weighted by Gasteiger charge is 2.35. The second kappa shape index (κ2) is 7.17. The summed E-state index contributed by atoms with van der Waals surface area (Å²) in [5.74, 6) is -1.35. The summed E-state index contributed by atoms with van der Waals surface area (Å²) in [6, 6.07) is 11.7. The average Bonchev–Trinajstić information content (AvgIpc) is 3.00. The van der Waals surface area contributed by atoms with Gasteiger partial charge in [-0.3, -0.25) is 14.4 Å². The van der Waals surface area contributed by atoms with Gasteiger partial charge in [0.05, 0.1) is 5.92 Å². The first-order valence-electron chi connectivity index (χ1n) is 8.12. The van der Waals surface area contributed by atoms with Crippen LogP contribution in [0.3, 0.4) is 0 Å². The van der Waals surface area contributed by atoms with Gasteiger partial charge in [0.25, 0.3) is 0 Å². The average molecular weight is 372 g/mol. The molecule has 3 amide bonds. The molecule has 134 valence electrons. The van der Waals surface area contributed by atoms with E-state index in [2.05, 4.69) is 5.32 Å². The van der Waals surface area contributed by atoms with E-state index < -0.39 is 11.8 Å². The molecule has 0 aromatic heterocycles. The zero-order chi connectivity index (χ0) is 18.8. The zero-order valence-corrected chi connectivity index (χ0v) is 14.9. The molecule has 0 spiro atoms. The predicted octanol–water partition coefficient (Wildman–Crippen LogP) is 2.74. The van der Waals surface area contributed by atoms with Gasteiger partial charge in [0.2, 0.25) is 17.7 Å². The number of hydrogen-bond donors (Lipinski definition) is 2. The van der Waals surface area contributed by atoms with E-state index in [0.29, 0.717) is 28.5 Å². The molecule has 0 saturated carbocycles. The van der Waals surface area contributed by atoms with Crippen molar-refractivity contribution < 1.29 is 14.4 Å². The Morgan fingerprint density at radius 3 is 2.50 bits per heavy atom. The molecule has 0 unspecified atom stereocenters. The van der Waals surface area contributed by atoms with E-state index in [9.17, 15) is 14.4 Å². The molecule has 1 atom stereocenters. The number of aryl methyl sites for hydroxylation is 1. The lowest BCUT2D eigenvalue weighted by molar-refractivity contribution is -0.122. The summed E-state index contributed by atoms with van der Waals surface area (Å²) < 4.78 is 0. The normalized spacial score (nSPS) is 16.6. The summed E-state index contributed by atoms with van der Waals surface area (Å²) in [5.41, 5.74) is 7.71. The fourth-order valence-corrected chi connectivity index (χ4v) is 3.02. The van der Waals surface area contributed by atoms with Gasteiger partial charge in [-0.05, 0) is 48.9 Å². The minimum absolute atomic E-state index is 0.117. The first kappa shape index (κ1) is 17.9. The van der Waals surface area contributed by atoms with Gasteiger partial charge in [0, 0.05) is 34.9 Å². The van der Waals surface area contributed by atoms with E-state index in [1.54, 1.807) is 35.2 Å². The molecule has 1 aliphatic rings. The maximum absolute atomic E-state index is 12.5. The smallest absolute Gasteiger partial charge is 0.248 e. The van der Waals surface area contributed by atoms with Crippen LogP contribution in [0, 0.1) is 12.8 Å². The van der Waals surface area contributed by atoms with E-state index in [0.717, 1.165) is 5.56 Å². The van der Waals surface area contributed by atoms with Crippen molar-refractivity contribution in [2.45, 2.75) is 13.3 Å². The van der Waals surface area contributed by atoms with Crippen molar-refractivity contribution >= 4 is 40.7 Å². The molecular formula is C19H18ClN3O3. The van der Waals surface area contributed by atoms with Gasteiger partial charge in [-0.15, -0.1) is 0 Å². The summed E-state index contributed by atoms with van der Waals surface area (Å²) in [7, 11) is 0. The number of anilines is 2. The number of nitrogens with zero attached hydrogens (tertiary/aromatic N) is 1. The fraction of sp³-hybridized carbons (Fsp3) is 0.211. The number of primary amides is 1. The van der Waals surface area contributed by atoms with E-state index in [4.69, 9.17) is 17.3 Å². The minimum atomic E-state index is -0.531. The number of amides is 3. The highest BCUT2D eigenvalue weighted by molar-refractivity contribution is 6.31. The molecule has 7 heteroatoms. The van der Waals surface area contributed by atoms with Crippen molar-refractivity contribution in [3.8, 4) is 0 Å². The fourth-order valence-electron chi connectivity index (χ4n) is 2.84. The molecule has 1 aliphatic heterocycles. The van der Waals surface area contributed by atoms with Gasteiger partial charge >= 0.3 is 0 Å². The quantitative estimate of drug-likeness (QED) is 0.865. The van der Waals surface area contributed by atoms with Gasteiger partial charge in [0.15, 0.2) is 0 Å². The first-order valence-corrected chi connectivity index (χ1v) is 8.50. The third kappa shape index (κ3) is 3.70. The van der Waals surface area contributed by atoms with Gasteiger partial charge in [-0.1, -0.05) is 17.7 Å².